The number of rotatable bonds is 6. The maximum absolute atomic E-state index is 11.1. The highest BCUT2D eigenvalue weighted by Gasteiger charge is 2.24. The van der Waals surface area contributed by atoms with Crippen molar-refractivity contribution >= 4 is 10.1 Å². The van der Waals surface area contributed by atoms with E-state index in [1.165, 1.54) is 5.56 Å². The number of benzene rings is 1. The van der Waals surface area contributed by atoms with Crippen LogP contribution in [0.5, 0.6) is 0 Å². The fourth-order valence-corrected chi connectivity index (χ4v) is 3.25. The minimum Gasteiger partial charge on any atom is -0.376 e. The SMILES string of the molecule is CS(=O)(=O)OC1CCC(COCc2ccccc2)CC1. The van der Waals surface area contributed by atoms with Gasteiger partial charge in [0.2, 0.25) is 0 Å². The first-order chi connectivity index (χ1) is 9.53. The Bertz CT molecular complexity index is 490. The summed E-state index contributed by atoms with van der Waals surface area (Å²) in [4.78, 5) is 0. The second-order valence-corrected chi connectivity index (χ2v) is 7.04. The van der Waals surface area contributed by atoms with E-state index in [-0.39, 0.29) is 6.10 Å². The molecule has 20 heavy (non-hydrogen) atoms. The van der Waals surface area contributed by atoms with Gasteiger partial charge in [-0.1, -0.05) is 30.3 Å². The largest absolute Gasteiger partial charge is 0.376 e. The summed E-state index contributed by atoms with van der Waals surface area (Å²) < 4.78 is 32.9. The van der Waals surface area contributed by atoms with Crippen molar-refractivity contribution in [1.82, 2.24) is 0 Å². The summed E-state index contributed by atoms with van der Waals surface area (Å²) in [7, 11) is -3.33. The van der Waals surface area contributed by atoms with Gasteiger partial charge >= 0.3 is 0 Å². The van der Waals surface area contributed by atoms with Crippen molar-refractivity contribution in [1.29, 1.82) is 0 Å². The Morgan fingerprint density at radius 2 is 1.75 bits per heavy atom. The van der Waals surface area contributed by atoms with Gasteiger partial charge in [0, 0.05) is 6.61 Å². The van der Waals surface area contributed by atoms with Crippen LogP contribution in [0.2, 0.25) is 0 Å². The van der Waals surface area contributed by atoms with Crippen LogP contribution >= 0.6 is 0 Å². The Hall–Kier alpha value is -0.910. The molecule has 0 atom stereocenters. The number of ether oxygens (including phenoxy) is 1. The minimum atomic E-state index is -3.33. The molecule has 1 fully saturated rings. The molecule has 0 bridgehead atoms. The molecule has 2 rings (SSSR count). The summed E-state index contributed by atoms with van der Waals surface area (Å²) in [5.41, 5.74) is 1.18. The summed E-state index contributed by atoms with van der Waals surface area (Å²) in [5, 5.41) is 0. The van der Waals surface area contributed by atoms with Crippen LogP contribution < -0.4 is 0 Å². The van der Waals surface area contributed by atoms with Gasteiger partial charge in [0.1, 0.15) is 0 Å². The van der Waals surface area contributed by atoms with Crippen LogP contribution in [0.25, 0.3) is 0 Å². The average molecular weight is 298 g/mol. The summed E-state index contributed by atoms with van der Waals surface area (Å²) in [6, 6.07) is 10.1. The van der Waals surface area contributed by atoms with Gasteiger partial charge in [0.05, 0.1) is 19.0 Å². The molecule has 0 aliphatic heterocycles. The predicted molar refractivity (Wildman–Crippen MR) is 77.8 cm³/mol. The van der Waals surface area contributed by atoms with Crippen molar-refractivity contribution in [3.8, 4) is 0 Å². The van der Waals surface area contributed by atoms with Gasteiger partial charge in [-0.15, -0.1) is 0 Å². The molecule has 1 aromatic rings. The lowest BCUT2D eigenvalue weighted by Crippen LogP contribution is -2.26. The van der Waals surface area contributed by atoms with E-state index < -0.39 is 10.1 Å². The van der Waals surface area contributed by atoms with Crippen molar-refractivity contribution in [2.45, 2.75) is 38.4 Å². The summed E-state index contributed by atoms with van der Waals surface area (Å²) in [5.74, 6) is 0.512. The Morgan fingerprint density at radius 1 is 1.10 bits per heavy atom. The molecule has 4 nitrogen and oxygen atoms in total. The van der Waals surface area contributed by atoms with Crippen LogP contribution in [-0.2, 0) is 25.6 Å². The highest BCUT2D eigenvalue weighted by molar-refractivity contribution is 7.86. The lowest BCUT2D eigenvalue weighted by molar-refractivity contribution is 0.0530. The van der Waals surface area contributed by atoms with Gasteiger partial charge in [-0.05, 0) is 37.2 Å². The van der Waals surface area contributed by atoms with Crippen molar-refractivity contribution in [3.63, 3.8) is 0 Å². The van der Waals surface area contributed by atoms with Crippen molar-refractivity contribution in [2.75, 3.05) is 12.9 Å². The van der Waals surface area contributed by atoms with Crippen LogP contribution in [0.15, 0.2) is 30.3 Å². The van der Waals surface area contributed by atoms with Gasteiger partial charge < -0.3 is 4.74 Å². The smallest absolute Gasteiger partial charge is 0.264 e. The highest BCUT2D eigenvalue weighted by Crippen LogP contribution is 2.27. The summed E-state index contributed by atoms with van der Waals surface area (Å²) in [6.07, 6.45) is 4.50. The third kappa shape index (κ3) is 5.61. The molecule has 0 unspecified atom stereocenters. The molecule has 0 amide bonds. The molecule has 1 saturated carbocycles. The molecule has 0 spiro atoms. The molecule has 0 N–H and O–H groups in total. The van der Waals surface area contributed by atoms with E-state index in [1.807, 2.05) is 18.2 Å². The van der Waals surface area contributed by atoms with Gasteiger partial charge in [0.15, 0.2) is 0 Å². The van der Waals surface area contributed by atoms with E-state index in [0.29, 0.717) is 12.5 Å². The van der Waals surface area contributed by atoms with Crippen molar-refractivity contribution in [2.24, 2.45) is 5.92 Å². The lowest BCUT2D eigenvalue weighted by Gasteiger charge is -2.27. The maximum Gasteiger partial charge on any atom is 0.264 e. The average Bonchev–Trinajstić information content (AvgIpc) is 2.40. The quantitative estimate of drug-likeness (QED) is 0.758. The first-order valence-electron chi connectivity index (χ1n) is 7.03. The Balaban J connectivity index is 1.65. The molecule has 0 aromatic heterocycles. The molecular formula is C15H22O4S. The van der Waals surface area contributed by atoms with Crippen LogP contribution in [0.4, 0.5) is 0 Å². The fourth-order valence-electron chi connectivity index (χ4n) is 2.56. The summed E-state index contributed by atoms with van der Waals surface area (Å²) >= 11 is 0. The van der Waals surface area contributed by atoms with E-state index in [4.69, 9.17) is 8.92 Å². The number of hydrogen-bond donors (Lipinski definition) is 0. The van der Waals surface area contributed by atoms with E-state index in [0.717, 1.165) is 38.5 Å². The van der Waals surface area contributed by atoms with Crippen LogP contribution in [-0.4, -0.2) is 27.4 Å². The molecule has 0 heterocycles. The maximum atomic E-state index is 11.1. The van der Waals surface area contributed by atoms with Gasteiger partial charge in [-0.2, -0.15) is 8.42 Å². The fraction of sp³-hybridized carbons (Fsp3) is 0.600. The number of hydrogen-bond acceptors (Lipinski definition) is 4. The van der Waals surface area contributed by atoms with Gasteiger partial charge in [0.25, 0.3) is 10.1 Å². The second kappa shape index (κ2) is 7.20. The molecular weight excluding hydrogens is 276 g/mol. The summed E-state index contributed by atoms with van der Waals surface area (Å²) in [6.45, 7) is 1.38. The van der Waals surface area contributed by atoms with E-state index >= 15 is 0 Å². The normalized spacial score (nSPS) is 23.6. The molecule has 1 aliphatic rings. The lowest BCUT2D eigenvalue weighted by atomic mass is 9.88. The topological polar surface area (TPSA) is 52.6 Å². The Labute approximate surface area is 121 Å². The molecule has 1 aliphatic carbocycles. The molecule has 0 saturated heterocycles. The Morgan fingerprint density at radius 3 is 2.35 bits per heavy atom. The van der Waals surface area contributed by atoms with Gasteiger partial charge in [-0.3, -0.25) is 4.18 Å². The van der Waals surface area contributed by atoms with E-state index in [2.05, 4.69) is 12.1 Å². The zero-order valence-corrected chi connectivity index (χ0v) is 12.6. The Kier molecular flexibility index (Phi) is 5.57. The minimum absolute atomic E-state index is 0.143. The third-order valence-corrected chi connectivity index (χ3v) is 4.19. The second-order valence-electron chi connectivity index (χ2n) is 5.44. The van der Waals surface area contributed by atoms with Crippen molar-refractivity contribution in [3.05, 3.63) is 35.9 Å². The zero-order chi connectivity index (χ0) is 14.4. The standard InChI is InChI=1S/C15H22O4S/c1-20(16,17)19-15-9-7-14(8-10-15)12-18-11-13-5-3-2-4-6-13/h2-6,14-15H,7-12H2,1H3. The molecule has 1 aromatic carbocycles. The molecule has 112 valence electrons. The van der Waals surface area contributed by atoms with E-state index in [1.54, 1.807) is 0 Å². The third-order valence-electron chi connectivity index (χ3n) is 3.57. The zero-order valence-electron chi connectivity index (χ0n) is 11.8. The highest BCUT2D eigenvalue weighted by atomic mass is 32.2. The van der Waals surface area contributed by atoms with Crippen molar-refractivity contribution < 1.29 is 17.3 Å². The predicted octanol–water partition coefficient (Wildman–Crippen LogP) is 2.74. The molecule has 0 radical (unpaired) electrons. The monoisotopic (exact) mass is 298 g/mol. The molecule has 5 heteroatoms. The van der Waals surface area contributed by atoms with E-state index in [9.17, 15) is 8.42 Å². The first-order valence-corrected chi connectivity index (χ1v) is 8.84. The van der Waals surface area contributed by atoms with Crippen LogP contribution in [0.1, 0.15) is 31.2 Å². The van der Waals surface area contributed by atoms with Gasteiger partial charge in [-0.25, -0.2) is 0 Å². The van der Waals surface area contributed by atoms with Crippen LogP contribution in [0, 0.1) is 5.92 Å². The first kappa shape index (κ1) is 15.5. The van der Waals surface area contributed by atoms with Crippen LogP contribution in [0.3, 0.4) is 0 Å².